The van der Waals surface area contributed by atoms with Crippen LogP contribution in [0.1, 0.15) is 31.0 Å². The van der Waals surface area contributed by atoms with Crippen molar-refractivity contribution in [2.24, 2.45) is 0 Å². The van der Waals surface area contributed by atoms with Gasteiger partial charge in [0.2, 0.25) is 0 Å². The van der Waals surface area contributed by atoms with Gasteiger partial charge in [-0.15, -0.1) is 0 Å². The zero-order valence-corrected chi connectivity index (χ0v) is 15.2. The van der Waals surface area contributed by atoms with Crippen LogP contribution in [0.2, 0.25) is 10.0 Å². The first-order valence-electron chi connectivity index (χ1n) is 7.62. The Kier molecular flexibility index (Phi) is 6.38. The van der Waals surface area contributed by atoms with Crippen LogP contribution in [-0.4, -0.2) is 11.9 Å². The Morgan fingerprint density at radius 1 is 1.20 bits per heavy atom. The summed E-state index contributed by atoms with van der Waals surface area (Å²) in [6.45, 7) is 3.58. The third kappa shape index (κ3) is 4.93. The Bertz CT molecular complexity index is 818. The average molecular weight is 381 g/mol. The molecule has 0 unspecified atom stereocenters. The molecule has 0 fully saturated rings. The minimum atomic E-state index is -0.545. The monoisotopic (exact) mass is 380 g/mol. The molecule has 0 heterocycles. The summed E-state index contributed by atoms with van der Waals surface area (Å²) in [6, 6.07) is 10.6. The smallest absolute Gasteiger partial charge is 0.282 e. The van der Waals surface area contributed by atoms with Crippen molar-refractivity contribution < 1.29 is 14.5 Å². The third-order valence-corrected chi connectivity index (χ3v) is 4.42. The van der Waals surface area contributed by atoms with E-state index in [2.05, 4.69) is 5.32 Å². The Morgan fingerprint density at radius 2 is 1.84 bits per heavy atom. The van der Waals surface area contributed by atoms with Crippen molar-refractivity contribution in [3.8, 4) is 6.07 Å². The van der Waals surface area contributed by atoms with E-state index in [4.69, 9.17) is 28.5 Å². The standard InChI is InChI=1S/C18H16Cl2FN3O/c1-10(14-7-17(21)16(20)8-15(14)19)23-11(2)18(25)24-13-5-3-12(9-22)4-6-13/h3-8,10-11,23H,1-2H3,(H,24,25)/p+1/t10-,11-/m1/s1. The van der Waals surface area contributed by atoms with Crippen LogP contribution >= 0.6 is 23.2 Å². The van der Waals surface area contributed by atoms with Crippen LogP contribution in [0.5, 0.6) is 0 Å². The summed E-state index contributed by atoms with van der Waals surface area (Å²) in [5, 5.41) is 13.7. The minimum Gasteiger partial charge on any atom is -0.330 e. The average Bonchev–Trinajstić information content (AvgIpc) is 2.58. The molecule has 0 aromatic heterocycles. The molecule has 3 N–H and O–H groups in total. The highest BCUT2D eigenvalue weighted by Crippen LogP contribution is 2.27. The molecule has 2 aromatic carbocycles. The lowest BCUT2D eigenvalue weighted by molar-refractivity contribution is -0.709. The number of nitrogens with one attached hydrogen (secondary N) is 1. The number of hydrogen-bond acceptors (Lipinski definition) is 2. The molecule has 7 heteroatoms. The molecule has 0 spiro atoms. The lowest BCUT2D eigenvalue weighted by atomic mass is 10.1. The topological polar surface area (TPSA) is 69.5 Å². The normalized spacial score (nSPS) is 13.0. The number of quaternary nitrogens is 1. The molecule has 130 valence electrons. The fourth-order valence-electron chi connectivity index (χ4n) is 2.40. The molecule has 2 rings (SSSR count). The Labute approximate surface area is 155 Å². The summed E-state index contributed by atoms with van der Waals surface area (Å²) in [6.07, 6.45) is 0. The second kappa shape index (κ2) is 8.30. The summed E-state index contributed by atoms with van der Waals surface area (Å²) >= 11 is 11.8. The van der Waals surface area contributed by atoms with E-state index in [0.717, 1.165) is 0 Å². The number of nitrogens with two attached hydrogens (primary N) is 1. The first-order chi connectivity index (χ1) is 11.8. The number of nitriles is 1. The van der Waals surface area contributed by atoms with Gasteiger partial charge in [0.1, 0.15) is 11.9 Å². The minimum absolute atomic E-state index is 0.0347. The number of halogens is 3. The molecule has 0 radical (unpaired) electrons. The highest BCUT2D eigenvalue weighted by atomic mass is 35.5. The number of carbonyl (C=O) groups excluding carboxylic acids is 1. The van der Waals surface area contributed by atoms with Gasteiger partial charge >= 0.3 is 0 Å². The zero-order chi connectivity index (χ0) is 18.6. The Morgan fingerprint density at radius 3 is 2.44 bits per heavy atom. The maximum atomic E-state index is 13.7. The van der Waals surface area contributed by atoms with Crippen LogP contribution in [0.15, 0.2) is 36.4 Å². The molecule has 0 aliphatic rings. The second-order valence-electron chi connectivity index (χ2n) is 5.74. The van der Waals surface area contributed by atoms with E-state index in [0.29, 0.717) is 21.8 Å². The van der Waals surface area contributed by atoms with E-state index in [1.54, 1.807) is 36.5 Å². The van der Waals surface area contributed by atoms with Gasteiger partial charge in [-0.25, -0.2) is 4.39 Å². The molecule has 0 aliphatic carbocycles. The van der Waals surface area contributed by atoms with Crippen LogP contribution in [0.4, 0.5) is 10.1 Å². The van der Waals surface area contributed by atoms with E-state index in [-0.39, 0.29) is 17.0 Å². The van der Waals surface area contributed by atoms with Crippen molar-refractivity contribution in [1.82, 2.24) is 0 Å². The molecular weight excluding hydrogens is 364 g/mol. The van der Waals surface area contributed by atoms with Gasteiger partial charge in [-0.2, -0.15) is 5.26 Å². The molecular formula is C18H17Cl2FN3O+. The highest BCUT2D eigenvalue weighted by Gasteiger charge is 2.23. The largest absolute Gasteiger partial charge is 0.330 e. The fourth-order valence-corrected chi connectivity index (χ4v) is 2.95. The van der Waals surface area contributed by atoms with Crippen molar-refractivity contribution in [3.05, 3.63) is 63.4 Å². The number of benzene rings is 2. The lowest BCUT2D eigenvalue weighted by Gasteiger charge is -2.18. The molecule has 0 saturated carbocycles. The molecule has 25 heavy (non-hydrogen) atoms. The number of anilines is 1. The van der Waals surface area contributed by atoms with Crippen LogP contribution in [0.25, 0.3) is 0 Å². The molecule has 2 atom stereocenters. The molecule has 4 nitrogen and oxygen atoms in total. The molecule has 0 aliphatic heterocycles. The maximum absolute atomic E-state index is 13.7. The van der Waals surface area contributed by atoms with E-state index >= 15 is 0 Å². The first-order valence-corrected chi connectivity index (χ1v) is 8.38. The number of carbonyl (C=O) groups is 1. The Hall–Kier alpha value is -2.13. The summed E-state index contributed by atoms with van der Waals surface area (Å²) < 4.78 is 13.7. The van der Waals surface area contributed by atoms with Crippen molar-refractivity contribution >= 4 is 34.8 Å². The van der Waals surface area contributed by atoms with Gasteiger partial charge in [-0.1, -0.05) is 23.2 Å². The summed E-state index contributed by atoms with van der Waals surface area (Å²) in [5.41, 5.74) is 1.69. The number of nitrogens with zero attached hydrogens (tertiary/aromatic N) is 1. The first kappa shape index (κ1) is 19.2. The van der Waals surface area contributed by atoms with Gasteiger partial charge in [-0.3, -0.25) is 4.79 Å². The summed E-state index contributed by atoms with van der Waals surface area (Å²) in [5.74, 6) is -0.752. The van der Waals surface area contributed by atoms with Gasteiger partial charge in [0.05, 0.1) is 21.7 Å². The van der Waals surface area contributed by atoms with Gasteiger partial charge in [0.25, 0.3) is 5.91 Å². The fraction of sp³-hybridized carbons (Fsp3) is 0.222. The quantitative estimate of drug-likeness (QED) is 0.777. The Balaban J connectivity index is 2.02. The highest BCUT2D eigenvalue weighted by molar-refractivity contribution is 6.35. The van der Waals surface area contributed by atoms with Crippen molar-refractivity contribution in [1.29, 1.82) is 5.26 Å². The molecule has 2 aromatic rings. The number of hydrogen-bond donors (Lipinski definition) is 2. The molecule has 0 saturated heterocycles. The van der Waals surface area contributed by atoms with E-state index < -0.39 is 11.9 Å². The number of rotatable bonds is 5. The third-order valence-electron chi connectivity index (χ3n) is 3.80. The van der Waals surface area contributed by atoms with Gasteiger partial charge < -0.3 is 10.6 Å². The van der Waals surface area contributed by atoms with Crippen molar-refractivity contribution in [2.45, 2.75) is 25.9 Å². The van der Waals surface area contributed by atoms with Gasteiger partial charge in [0, 0.05) is 11.3 Å². The van der Waals surface area contributed by atoms with E-state index in [1.807, 2.05) is 13.0 Å². The van der Waals surface area contributed by atoms with Crippen molar-refractivity contribution in [3.63, 3.8) is 0 Å². The lowest BCUT2D eigenvalue weighted by Crippen LogP contribution is -2.91. The zero-order valence-electron chi connectivity index (χ0n) is 13.7. The molecule has 1 amide bonds. The van der Waals surface area contributed by atoms with Crippen LogP contribution < -0.4 is 10.6 Å². The van der Waals surface area contributed by atoms with Crippen LogP contribution in [0.3, 0.4) is 0 Å². The van der Waals surface area contributed by atoms with Gasteiger partial charge in [0.15, 0.2) is 6.04 Å². The van der Waals surface area contributed by atoms with Crippen molar-refractivity contribution in [2.75, 3.05) is 5.32 Å². The predicted octanol–water partition coefficient (Wildman–Crippen LogP) is 3.66. The predicted molar refractivity (Wildman–Crippen MR) is 96.0 cm³/mol. The van der Waals surface area contributed by atoms with Crippen LogP contribution in [-0.2, 0) is 4.79 Å². The summed E-state index contributed by atoms with van der Waals surface area (Å²) in [4.78, 5) is 12.3. The SMILES string of the molecule is C[C@@H]([NH2+][C@H](C)c1cc(F)c(Cl)cc1Cl)C(=O)Nc1ccc(C#N)cc1. The van der Waals surface area contributed by atoms with Crippen LogP contribution in [0, 0.1) is 17.1 Å². The second-order valence-corrected chi connectivity index (χ2v) is 6.55. The van der Waals surface area contributed by atoms with E-state index in [9.17, 15) is 9.18 Å². The number of amides is 1. The summed E-state index contributed by atoms with van der Waals surface area (Å²) in [7, 11) is 0. The molecule has 0 bridgehead atoms. The maximum Gasteiger partial charge on any atom is 0.282 e. The van der Waals surface area contributed by atoms with E-state index in [1.165, 1.54) is 12.1 Å². The van der Waals surface area contributed by atoms with Gasteiger partial charge in [-0.05, 0) is 50.2 Å².